The number of hydrogen-bond donors (Lipinski definition) is 2. The lowest BCUT2D eigenvalue weighted by Gasteiger charge is -2.09. The first-order valence-corrected chi connectivity index (χ1v) is 7.26. The van der Waals surface area contributed by atoms with Crippen LogP contribution >= 0.6 is 0 Å². The molecule has 2 rings (SSSR count). The van der Waals surface area contributed by atoms with E-state index in [1.54, 1.807) is 35.6 Å². The molecule has 0 aromatic heterocycles. The van der Waals surface area contributed by atoms with Crippen molar-refractivity contribution >= 4 is 29.2 Å². The highest BCUT2D eigenvalue weighted by molar-refractivity contribution is 5.97. The van der Waals surface area contributed by atoms with Gasteiger partial charge in [0.15, 0.2) is 6.61 Å². The van der Waals surface area contributed by atoms with Gasteiger partial charge in [-0.1, -0.05) is 18.2 Å². The lowest BCUT2D eigenvalue weighted by atomic mass is 10.2. The van der Waals surface area contributed by atoms with E-state index in [1.807, 2.05) is 0 Å². The highest BCUT2D eigenvalue weighted by Crippen LogP contribution is 2.18. The van der Waals surface area contributed by atoms with Gasteiger partial charge >= 0.3 is 18.1 Å². The van der Waals surface area contributed by atoms with E-state index < -0.39 is 30.6 Å². The fourth-order valence-corrected chi connectivity index (χ4v) is 1.82. The molecular weight excluding hydrogens is 353 g/mol. The molecule has 6 nitrogen and oxygen atoms in total. The number of benzene rings is 2. The molecule has 2 amide bonds. The number of anilines is 2. The van der Waals surface area contributed by atoms with Crippen LogP contribution in [-0.2, 0) is 14.3 Å². The maximum Gasteiger partial charge on any atom is 0.471 e. The predicted molar refractivity (Wildman–Crippen MR) is 86.5 cm³/mol. The number of carbonyl (C=O) groups excluding carboxylic acids is 3. The maximum atomic E-state index is 12.2. The van der Waals surface area contributed by atoms with E-state index in [4.69, 9.17) is 4.74 Å². The van der Waals surface area contributed by atoms with Crippen molar-refractivity contribution in [2.75, 3.05) is 17.2 Å². The summed E-state index contributed by atoms with van der Waals surface area (Å²) in [5.41, 5.74) is 0.423. The Morgan fingerprint density at radius 3 is 2.00 bits per heavy atom. The normalized spacial score (nSPS) is 10.7. The Morgan fingerprint density at radius 1 is 0.846 bits per heavy atom. The van der Waals surface area contributed by atoms with Gasteiger partial charge in [0.1, 0.15) is 0 Å². The molecule has 2 aromatic carbocycles. The molecule has 2 N–H and O–H groups in total. The molecule has 0 heterocycles. The monoisotopic (exact) mass is 366 g/mol. The van der Waals surface area contributed by atoms with E-state index in [0.29, 0.717) is 5.69 Å². The van der Waals surface area contributed by atoms with Gasteiger partial charge in [0.2, 0.25) is 0 Å². The van der Waals surface area contributed by atoms with Crippen LogP contribution in [0.5, 0.6) is 0 Å². The number of alkyl halides is 3. The van der Waals surface area contributed by atoms with Crippen LogP contribution < -0.4 is 10.6 Å². The lowest BCUT2D eigenvalue weighted by molar-refractivity contribution is -0.167. The third-order valence-electron chi connectivity index (χ3n) is 3.03. The fourth-order valence-electron chi connectivity index (χ4n) is 1.82. The molecule has 0 aliphatic heterocycles. The third kappa shape index (κ3) is 5.62. The summed E-state index contributed by atoms with van der Waals surface area (Å²) >= 11 is 0. The topological polar surface area (TPSA) is 84.5 Å². The van der Waals surface area contributed by atoms with Gasteiger partial charge in [-0.05, 0) is 36.4 Å². The summed E-state index contributed by atoms with van der Waals surface area (Å²) in [5, 5.41) is 4.17. The summed E-state index contributed by atoms with van der Waals surface area (Å²) in [6.07, 6.45) is -5.01. The quantitative estimate of drug-likeness (QED) is 0.797. The SMILES string of the molecule is O=C(COC(=O)c1ccc(NC(=O)C(F)(F)F)cc1)Nc1ccccc1. The number of para-hydroxylation sites is 1. The largest absolute Gasteiger partial charge is 0.471 e. The molecule has 136 valence electrons. The number of ether oxygens (including phenoxy) is 1. The van der Waals surface area contributed by atoms with Crippen molar-refractivity contribution in [3.8, 4) is 0 Å². The van der Waals surface area contributed by atoms with E-state index in [2.05, 4.69) is 5.32 Å². The van der Waals surface area contributed by atoms with Crippen LogP contribution in [0.2, 0.25) is 0 Å². The molecule has 0 unspecified atom stereocenters. The molecule has 0 spiro atoms. The van der Waals surface area contributed by atoms with Crippen molar-refractivity contribution in [3.63, 3.8) is 0 Å². The summed E-state index contributed by atoms with van der Waals surface area (Å²) in [5.74, 6) is -3.49. The third-order valence-corrected chi connectivity index (χ3v) is 3.03. The Balaban J connectivity index is 1.86. The van der Waals surface area contributed by atoms with E-state index in [-0.39, 0.29) is 11.3 Å². The van der Waals surface area contributed by atoms with Crippen molar-refractivity contribution in [3.05, 3.63) is 60.2 Å². The van der Waals surface area contributed by atoms with E-state index in [9.17, 15) is 27.6 Å². The van der Waals surface area contributed by atoms with Gasteiger partial charge in [0.25, 0.3) is 5.91 Å². The van der Waals surface area contributed by atoms with Gasteiger partial charge in [0, 0.05) is 11.4 Å². The summed E-state index contributed by atoms with van der Waals surface area (Å²) in [6.45, 7) is -0.527. The standard InChI is InChI=1S/C17H13F3N2O4/c18-17(19,20)16(25)22-13-8-6-11(7-9-13)15(24)26-10-14(23)21-12-4-2-1-3-5-12/h1-9H,10H2,(H,21,23)(H,22,25). The van der Waals surface area contributed by atoms with Gasteiger partial charge < -0.3 is 15.4 Å². The minimum absolute atomic E-state index is 0.0162. The van der Waals surface area contributed by atoms with Crippen LogP contribution in [0.4, 0.5) is 24.5 Å². The number of hydrogen-bond acceptors (Lipinski definition) is 4. The zero-order valence-corrected chi connectivity index (χ0v) is 13.2. The van der Waals surface area contributed by atoms with Crippen molar-refractivity contribution in [2.45, 2.75) is 6.18 Å². The Kier molecular flexibility index (Phi) is 5.94. The second kappa shape index (κ2) is 8.15. The Labute approximate surface area is 146 Å². The summed E-state index contributed by atoms with van der Waals surface area (Å²) in [4.78, 5) is 34.3. The average Bonchev–Trinajstić information content (AvgIpc) is 2.60. The van der Waals surface area contributed by atoms with Crippen LogP contribution in [-0.4, -0.2) is 30.6 Å². The zero-order chi connectivity index (χ0) is 19.2. The predicted octanol–water partition coefficient (Wildman–Crippen LogP) is 2.98. The molecule has 26 heavy (non-hydrogen) atoms. The minimum Gasteiger partial charge on any atom is -0.452 e. The van der Waals surface area contributed by atoms with E-state index >= 15 is 0 Å². The van der Waals surface area contributed by atoms with E-state index in [1.165, 1.54) is 12.1 Å². The molecule has 9 heteroatoms. The molecule has 0 saturated heterocycles. The van der Waals surface area contributed by atoms with Crippen molar-refractivity contribution in [1.29, 1.82) is 0 Å². The van der Waals surface area contributed by atoms with Gasteiger partial charge in [0.05, 0.1) is 5.56 Å². The molecule has 0 aliphatic rings. The number of rotatable bonds is 5. The summed E-state index contributed by atoms with van der Waals surface area (Å²) < 4.78 is 41.3. The second-order valence-corrected chi connectivity index (χ2v) is 5.02. The average molecular weight is 366 g/mol. The molecule has 0 atom stereocenters. The molecule has 0 fully saturated rings. The first kappa shape index (κ1) is 19.0. The van der Waals surface area contributed by atoms with Crippen LogP contribution in [0.3, 0.4) is 0 Å². The van der Waals surface area contributed by atoms with Crippen molar-refractivity contribution in [2.24, 2.45) is 0 Å². The number of halogens is 3. The van der Waals surface area contributed by atoms with Crippen LogP contribution in [0.25, 0.3) is 0 Å². The second-order valence-electron chi connectivity index (χ2n) is 5.02. The number of amides is 2. The molecule has 0 saturated carbocycles. The summed E-state index contributed by atoms with van der Waals surface area (Å²) in [7, 11) is 0. The number of carbonyl (C=O) groups is 3. The van der Waals surface area contributed by atoms with E-state index in [0.717, 1.165) is 12.1 Å². The highest BCUT2D eigenvalue weighted by atomic mass is 19.4. The van der Waals surface area contributed by atoms with Crippen molar-refractivity contribution in [1.82, 2.24) is 0 Å². The van der Waals surface area contributed by atoms with Gasteiger partial charge in [-0.25, -0.2) is 4.79 Å². The molecule has 0 radical (unpaired) electrons. The first-order valence-electron chi connectivity index (χ1n) is 7.26. The highest BCUT2D eigenvalue weighted by Gasteiger charge is 2.38. The Morgan fingerprint density at radius 2 is 1.42 bits per heavy atom. The van der Waals surface area contributed by atoms with Crippen LogP contribution in [0.15, 0.2) is 54.6 Å². The maximum absolute atomic E-state index is 12.2. The van der Waals surface area contributed by atoms with Gasteiger partial charge in [-0.15, -0.1) is 0 Å². The van der Waals surface area contributed by atoms with Crippen LogP contribution in [0.1, 0.15) is 10.4 Å². The molecule has 0 bridgehead atoms. The number of esters is 1. The van der Waals surface area contributed by atoms with Crippen molar-refractivity contribution < 1.29 is 32.3 Å². The smallest absolute Gasteiger partial charge is 0.452 e. The molecule has 2 aromatic rings. The zero-order valence-electron chi connectivity index (χ0n) is 13.2. The first-order chi connectivity index (χ1) is 12.3. The van der Waals surface area contributed by atoms with Gasteiger partial charge in [-0.3, -0.25) is 9.59 Å². The Bertz CT molecular complexity index is 790. The minimum atomic E-state index is -5.01. The van der Waals surface area contributed by atoms with Gasteiger partial charge in [-0.2, -0.15) is 13.2 Å². The number of nitrogens with one attached hydrogen (secondary N) is 2. The molecule has 0 aliphatic carbocycles. The van der Waals surface area contributed by atoms with Crippen LogP contribution in [0, 0.1) is 0 Å². The summed E-state index contributed by atoms with van der Waals surface area (Å²) in [6, 6.07) is 13.1. The fraction of sp³-hybridized carbons (Fsp3) is 0.118. The molecular formula is C17H13F3N2O4. The Hall–Kier alpha value is -3.36. The lowest BCUT2D eigenvalue weighted by Crippen LogP contribution is -2.29.